The monoisotopic (exact) mass is 365 g/mol. The fraction of sp³-hybridized carbons (Fsp3) is 0.529. The van der Waals surface area contributed by atoms with Gasteiger partial charge in [-0.15, -0.1) is 0 Å². The van der Waals surface area contributed by atoms with Crippen LogP contribution in [0.2, 0.25) is 0 Å². The maximum atomic E-state index is 13.4. The topological polar surface area (TPSA) is 84.1 Å². The molecule has 7 nitrogen and oxygen atoms in total. The highest BCUT2D eigenvalue weighted by molar-refractivity contribution is 5.71. The van der Waals surface area contributed by atoms with Gasteiger partial charge in [-0.1, -0.05) is 0 Å². The molecule has 2 aromatic rings. The molecule has 2 aromatic heterocycles. The van der Waals surface area contributed by atoms with Crippen molar-refractivity contribution in [2.45, 2.75) is 39.7 Å². The summed E-state index contributed by atoms with van der Waals surface area (Å²) in [7, 11) is 0. The lowest BCUT2D eigenvalue weighted by Gasteiger charge is -2.31. The van der Waals surface area contributed by atoms with Crippen LogP contribution in [0.5, 0.6) is 0 Å². The van der Waals surface area contributed by atoms with Gasteiger partial charge in [0, 0.05) is 30.9 Å². The van der Waals surface area contributed by atoms with Gasteiger partial charge in [-0.2, -0.15) is 5.10 Å². The number of aliphatic carboxylic acids is 1. The molecule has 0 aromatic carbocycles. The minimum atomic E-state index is -2.74. The number of nitrogens with zero attached hydrogens (tertiary/aromatic N) is 5. The quantitative estimate of drug-likeness (QED) is 0.877. The molecule has 0 amide bonds. The second-order valence-corrected chi connectivity index (χ2v) is 6.36. The highest BCUT2D eigenvalue weighted by Crippen LogP contribution is 2.29. The van der Waals surface area contributed by atoms with E-state index in [1.165, 1.54) is 6.07 Å². The first-order chi connectivity index (χ1) is 12.4. The summed E-state index contributed by atoms with van der Waals surface area (Å²) in [6.45, 7) is 5.23. The lowest BCUT2D eigenvalue weighted by atomic mass is 9.99. The first-order valence-corrected chi connectivity index (χ1v) is 8.58. The molecule has 0 radical (unpaired) electrons. The van der Waals surface area contributed by atoms with E-state index in [1.807, 2.05) is 13.8 Å². The Morgan fingerprint density at radius 1 is 1.42 bits per heavy atom. The molecule has 0 spiro atoms. The van der Waals surface area contributed by atoms with E-state index in [0.29, 0.717) is 37.2 Å². The minimum absolute atomic E-state index is 0.146. The molecule has 1 saturated heterocycles. The molecule has 26 heavy (non-hydrogen) atoms. The van der Waals surface area contributed by atoms with E-state index in [0.717, 1.165) is 5.69 Å². The van der Waals surface area contributed by atoms with Gasteiger partial charge in [0.2, 0.25) is 5.95 Å². The van der Waals surface area contributed by atoms with Crippen LogP contribution in [0.25, 0.3) is 11.3 Å². The van der Waals surface area contributed by atoms with Gasteiger partial charge in [-0.3, -0.25) is 9.48 Å². The average Bonchev–Trinajstić information content (AvgIpc) is 3.02. The van der Waals surface area contributed by atoms with Crippen LogP contribution in [0.3, 0.4) is 0 Å². The number of rotatable bonds is 5. The van der Waals surface area contributed by atoms with Crippen molar-refractivity contribution >= 4 is 11.9 Å². The number of anilines is 1. The van der Waals surface area contributed by atoms with Crippen molar-refractivity contribution in [2.75, 3.05) is 18.0 Å². The zero-order valence-electron chi connectivity index (χ0n) is 14.7. The normalized spacial score (nSPS) is 17.7. The largest absolute Gasteiger partial charge is 0.481 e. The van der Waals surface area contributed by atoms with Crippen LogP contribution in [0, 0.1) is 12.8 Å². The van der Waals surface area contributed by atoms with Crippen LogP contribution in [-0.2, 0) is 11.3 Å². The van der Waals surface area contributed by atoms with E-state index in [2.05, 4.69) is 15.1 Å². The van der Waals surface area contributed by atoms with Crippen molar-refractivity contribution in [1.82, 2.24) is 19.7 Å². The predicted octanol–water partition coefficient (Wildman–Crippen LogP) is 2.91. The molecule has 3 rings (SSSR count). The summed E-state index contributed by atoms with van der Waals surface area (Å²) in [5.74, 6) is -1.29. The third-order valence-electron chi connectivity index (χ3n) is 4.69. The lowest BCUT2D eigenvalue weighted by Crippen LogP contribution is -2.39. The van der Waals surface area contributed by atoms with Gasteiger partial charge in [0.15, 0.2) is 0 Å². The van der Waals surface area contributed by atoms with Gasteiger partial charge in [-0.05, 0) is 32.8 Å². The van der Waals surface area contributed by atoms with Gasteiger partial charge in [-0.25, -0.2) is 18.7 Å². The fourth-order valence-corrected chi connectivity index (χ4v) is 3.22. The van der Waals surface area contributed by atoms with Crippen LogP contribution in [0.1, 0.15) is 37.6 Å². The Hall–Kier alpha value is -2.58. The van der Waals surface area contributed by atoms with Crippen molar-refractivity contribution in [3.63, 3.8) is 0 Å². The summed E-state index contributed by atoms with van der Waals surface area (Å²) in [6, 6.07) is 1.27. The maximum absolute atomic E-state index is 13.4. The number of carbonyl (C=O) groups is 1. The molecule has 1 aliphatic rings. The first kappa shape index (κ1) is 18.2. The number of hydrogen-bond acceptors (Lipinski definition) is 5. The number of aromatic nitrogens is 4. The average molecular weight is 365 g/mol. The molecule has 0 bridgehead atoms. The summed E-state index contributed by atoms with van der Waals surface area (Å²) in [4.78, 5) is 21.4. The summed E-state index contributed by atoms with van der Waals surface area (Å²) >= 11 is 0. The first-order valence-electron chi connectivity index (χ1n) is 8.58. The van der Waals surface area contributed by atoms with E-state index in [1.54, 1.807) is 15.8 Å². The molecule has 140 valence electrons. The summed E-state index contributed by atoms with van der Waals surface area (Å²) in [5, 5.41) is 13.5. The second kappa shape index (κ2) is 7.35. The van der Waals surface area contributed by atoms with Gasteiger partial charge in [0.1, 0.15) is 5.69 Å². The second-order valence-electron chi connectivity index (χ2n) is 6.36. The molecule has 1 aliphatic heterocycles. The number of halogens is 2. The molecule has 0 aliphatic carbocycles. The van der Waals surface area contributed by atoms with Crippen molar-refractivity contribution in [3.05, 3.63) is 23.7 Å². The molecule has 1 N–H and O–H groups in total. The Labute approximate surface area is 149 Å². The summed E-state index contributed by atoms with van der Waals surface area (Å²) in [6.07, 6.45) is 0.0880. The fourth-order valence-electron chi connectivity index (χ4n) is 3.22. The highest BCUT2D eigenvalue weighted by Gasteiger charge is 2.28. The number of piperidine rings is 1. The smallest absolute Gasteiger partial charge is 0.308 e. The van der Waals surface area contributed by atoms with Crippen LogP contribution in [0.15, 0.2) is 12.3 Å². The van der Waals surface area contributed by atoms with Crippen LogP contribution in [0.4, 0.5) is 14.7 Å². The standard InChI is InChI=1S/C17H21F2N5O2/c1-3-24-10(2)12(8-20-24)13-7-14(15(18)19)22-17(21-13)23-6-4-5-11(9-23)16(25)26/h7-8,11,15H,3-6,9H2,1-2H3,(H,25,26). The predicted molar refractivity (Wildman–Crippen MR) is 91.2 cm³/mol. The van der Waals surface area contributed by atoms with Crippen LogP contribution < -0.4 is 4.90 Å². The highest BCUT2D eigenvalue weighted by atomic mass is 19.3. The number of alkyl halides is 2. The number of aryl methyl sites for hydroxylation is 1. The molecule has 1 unspecified atom stereocenters. The SMILES string of the molecule is CCn1ncc(-c2cc(C(F)F)nc(N3CCCC(C(=O)O)C3)n2)c1C. The number of carboxylic acid groups (broad SMARTS) is 1. The van der Waals surface area contributed by atoms with Crippen molar-refractivity contribution in [1.29, 1.82) is 0 Å². The van der Waals surface area contributed by atoms with Gasteiger partial charge < -0.3 is 10.0 Å². The molecular weight excluding hydrogens is 344 g/mol. The molecular formula is C17H21F2N5O2. The molecule has 3 heterocycles. The number of carboxylic acids is 1. The third-order valence-corrected chi connectivity index (χ3v) is 4.69. The van der Waals surface area contributed by atoms with E-state index < -0.39 is 18.3 Å². The zero-order chi connectivity index (χ0) is 18.8. The van der Waals surface area contributed by atoms with Crippen LogP contribution in [-0.4, -0.2) is 43.9 Å². The Bertz CT molecular complexity index is 808. The van der Waals surface area contributed by atoms with Gasteiger partial charge in [0.05, 0.1) is 17.8 Å². The van der Waals surface area contributed by atoms with Crippen LogP contribution >= 0.6 is 0 Å². The minimum Gasteiger partial charge on any atom is -0.481 e. The maximum Gasteiger partial charge on any atom is 0.308 e. The molecule has 0 saturated carbocycles. The van der Waals surface area contributed by atoms with Crippen molar-refractivity contribution < 1.29 is 18.7 Å². The summed E-state index contributed by atoms with van der Waals surface area (Å²) in [5.41, 5.74) is 1.51. The van der Waals surface area contributed by atoms with E-state index >= 15 is 0 Å². The van der Waals surface area contributed by atoms with Crippen molar-refractivity contribution in [2.24, 2.45) is 5.92 Å². The Kier molecular flexibility index (Phi) is 5.15. The Balaban J connectivity index is 2.01. The Morgan fingerprint density at radius 2 is 2.19 bits per heavy atom. The molecule has 1 fully saturated rings. The van der Waals surface area contributed by atoms with Gasteiger partial charge in [0.25, 0.3) is 6.43 Å². The Morgan fingerprint density at radius 3 is 2.81 bits per heavy atom. The van der Waals surface area contributed by atoms with E-state index in [9.17, 15) is 18.7 Å². The van der Waals surface area contributed by atoms with Crippen molar-refractivity contribution in [3.8, 4) is 11.3 Å². The molecule has 9 heteroatoms. The number of hydrogen-bond donors (Lipinski definition) is 1. The van der Waals surface area contributed by atoms with E-state index in [-0.39, 0.29) is 18.2 Å². The van der Waals surface area contributed by atoms with Gasteiger partial charge >= 0.3 is 5.97 Å². The lowest BCUT2D eigenvalue weighted by molar-refractivity contribution is -0.141. The zero-order valence-corrected chi connectivity index (χ0v) is 14.7. The summed E-state index contributed by atoms with van der Waals surface area (Å²) < 4.78 is 28.5. The third kappa shape index (κ3) is 3.51. The molecule has 1 atom stereocenters. The van der Waals surface area contributed by atoms with E-state index in [4.69, 9.17) is 0 Å².